The number of aliphatic hydroxyl groups is 1. The Balaban J connectivity index is 2.11. The van der Waals surface area contributed by atoms with Gasteiger partial charge >= 0.3 is 0 Å². The van der Waals surface area contributed by atoms with Gasteiger partial charge in [-0.15, -0.1) is 0 Å². The second-order valence-corrected chi connectivity index (χ2v) is 3.79. The highest BCUT2D eigenvalue weighted by Gasteiger charge is 2.25. The largest absolute Gasteiger partial charge is 0.392 e. The van der Waals surface area contributed by atoms with Crippen LogP contribution >= 0.6 is 0 Å². The zero-order chi connectivity index (χ0) is 8.43. The van der Waals surface area contributed by atoms with Crippen molar-refractivity contribution in [3.05, 3.63) is 0 Å². The van der Waals surface area contributed by atoms with E-state index in [1.807, 2.05) is 13.8 Å². The van der Waals surface area contributed by atoms with E-state index in [4.69, 9.17) is 5.73 Å². The van der Waals surface area contributed by atoms with Crippen LogP contribution in [0.25, 0.3) is 0 Å². The first-order chi connectivity index (χ1) is 5.09. The van der Waals surface area contributed by atoms with E-state index in [2.05, 4.69) is 4.90 Å². The van der Waals surface area contributed by atoms with E-state index < -0.39 is 0 Å². The molecule has 66 valence electrons. The smallest absolute Gasteiger partial charge is 0.0689 e. The highest BCUT2D eigenvalue weighted by molar-refractivity contribution is 4.84. The molecule has 0 spiro atoms. The summed E-state index contributed by atoms with van der Waals surface area (Å²) in [6, 6.07) is 0.342. The number of nitrogens with zero attached hydrogens (tertiary/aromatic N) is 1. The molecular formula is C8H18N2O. The van der Waals surface area contributed by atoms with E-state index in [1.165, 1.54) is 0 Å². The third-order valence-electron chi connectivity index (χ3n) is 2.20. The Kier molecular flexibility index (Phi) is 2.87. The monoisotopic (exact) mass is 158 g/mol. The molecule has 1 rings (SSSR count). The highest BCUT2D eigenvalue weighted by atomic mass is 16.3. The maximum absolute atomic E-state index is 9.47. The van der Waals surface area contributed by atoms with Gasteiger partial charge in [-0.2, -0.15) is 0 Å². The molecule has 0 saturated carbocycles. The third-order valence-corrected chi connectivity index (χ3v) is 2.20. The lowest BCUT2D eigenvalue weighted by molar-refractivity contribution is 0.0419. The minimum atomic E-state index is -0.192. The lowest BCUT2D eigenvalue weighted by Gasteiger charge is -2.38. The standard InChI is InChI=1S/C8H18N2O/c1-6(2)8(11)5-10-3-7(9)4-10/h6-8,11H,3-5,9H2,1-2H3. The topological polar surface area (TPSA) is 49.5 Å². The Morgan fingerprint density at radius 3 is 2.45 bits per heavy atom. The van der Waals surface area contributed by atoms with Crippen LogP contribution < -0.4 is 5.73 Å². The van der Waals surface area contributed by atoms with Crippen LogP contribution in [0.1, 0.15) is 13.8 Å². The molecule has 3 nitrogen and oxygen atoms in total. The molecule has 1 atom stereocenters. The summed E-state index contributed by atoms with van der Waals surface area (Å²) >= 11 is 0. The predicted octanol–water partition coefficient (Wildman–Crippen LogP) is -0.354. The summed E-state index contributed by atoms with van der Waals surface area (Å²) in [6.45, 7) is 6.74. The number of hydrogen-bond acceptors (Lipinski definition) is 3. The van der Waals surface area contributed by atoms with Gasteiger partial charge in [0.1, 0.15) is 0 Å². The van der Waals surface area contributed by atoms with Gasteiger partial charge in [0, 0.05) is 25.7 Å². The van der Waals surface area contributed by atoms with Crippen molar-refractivity contribution in [1.82, 2.24) is 4.90 Å². The van der Waals surface area contributed by atoms with Gasteiger partial charge in [-0.1, -0.05) is 13.8 Å². The second-order valence-electron chi connectivity index (χ2n) is 3.79. The van der Waals surface area contributed by atoms with Gasteiger partial charge in [-0.05, 0) is 5.92 Å². The van der Waals surface area contributed by atoms with Crippen LogP contribution in [0.15, 0.2) is 0 Å². The molecule has 1 fully saturated rings. The molecule has 0 amide bonds. The Labute approximate surface area is 68.2 Å². The molecule has 0 aromatic heterocycles. The number of nitrogens with two attached hydrogens (primary N) is 1. The molecule has 0 radical (unpaired) electrons. The van der Waals surface area contributed by atoms with Gasteiger partial charge in [0.2, 0.25) is 0 Å². The number of rotatable bonds is 3. The van der Waals surface area contributed by atoms with E-state index in [1.54, 1.807) is 0 Å². The minimum Gasteiger partial charge on any atom is -0.392 e. The Morgan fingerprint density at radius 2 is 2.09 bits per heavy atom. The first kappa shape index (κ1) is 8.97. The summed E-state index contributed by atoms with van der Waals surface area (Å²) in [5.41, 5.74) is 5.60. The lowest BCUT2D eigenvalue weighted by Crippen LogP contribution is -2.57. The Hall–Kier alpha value is -0.120. The van der Waals surface area contributed by atoms with Crippen molar-refractivity contribution in [3.8, 4) is 0 Å². The maximum atomic E-state index is 9.47. The quantitative estimate of drug-likeness (QED) is 0.590. The number of aliphatic hydroxyl groups excluding tert-OH is 1. The van der Waals surface area contributed by atoms with Crippen molar-refractivity contribution in [3.63, 3.8) is 0 Å². The van der Waals surface area contributed by atoms with Crippen LogP contribution in [0.5, 0.6) is 0 Å². The van der Waals surface area contributed by atoms with Gasteiger partial charge in [-0.25, -0.2) is 0 Å². The molecule has 0 aromatic carbocycles. The van der Waals surface area contributed by atoms with Crippen molar-refractivity contribution < 1.29 is 5.11 Å². The average Bonchev–Trinajstić information content (AvgIpc) is 1.84. The summed E-state index contributed by atoms with van der Waals surface area (Å²) < 4.78 is 0. The average molecular weight is 158 g/mol. The summed E-state index contributed by atoms with van der Waals surface area (Å²) in [4.78, 5) is 2.19. The molecule has 0 bridgehead atoms. The van der Waals surface area contributed by atoms with E-state index in [0.29, 0.717) is 12.0 Å². The van der Waals surface area contributed by atoms with Crippen molar-refractivity contribution in [2.24, 2.45) is 11.7 Å². The third kappa shape index (κ3) is 2.43. The minimum absolute atomic E-state index is 0.192. The maximum Gasteiger partial charge on any atom is 0.0689 e. The van der Waals surface area contributed by atoms with Crippen molar-refractivity contribution in [2.45, 2.75) is 26.0 Å². The van der Waals surface area contributed by atoms with E-state index >= 15 is 0 Å². The first-order valence-corrected chi connectivity index (χ1v) is 4.25. The molecule has 1 aliphatic heterocycles. The van der Waals surface area contributed by atoms with Gasteiger partial charge < -0.3 is 10.8 Å². The van der Waals surface area contributed by atoms with Crippen LogP contribution in [-0.4, -0.2) is 41.8 Å². The fourth-order valence-corrected chi connectivity index (χ4v) is 1.23. The van der Waals surface area contributed by atoms with Crippen molar-refractivity contribution >= 4 is 0 Å². The molecule has 11 heavy (non-hydrogen) atoms. The summed E-state index contributed by atoms with van der Waals surface area (Å²) in [6.07, 6.45) is -0.192. The zero-order valence-electron chi connectivity index (χ0n) is 7.33. The highest BCUT2D eigenvalue weighted by Crippen LogP contribution is 2.09. The fourth-order valence-electron chi connectivity index (χ4n) is 1.23. The predicted molar refractivity (Wildman–Crippen MR) is 45.3 cm³/mol. The van der Waals surface area contributed by atoms with Gasteiger partial charge in [0.15, 0.2) is 0 Å². The van der Waals surface area contributed by atoms with E-state index in [-0.39, 0.29) is 6.10 Å². The van der Waals surface area contributed by atoms with Crippen molar-refractivity contribution in [2.75, 3.05) is 19.6 Å². The molecule has 0 aromatic rings. The number of likely N-dealkylation sites (tertiary alicyclic amines) is 1. The van der Waals surface area contributed by atoms with Crippen LogP contribution in [0.3, 0.4) is 0 Å². The molecule has 1 saturated heterocycles. The van der Waals surface area contributed by atoms with Crippen LogP contribution in [0, 0.1) is 5.92 Å². The molecule has 3 N–H and O–H groups in total. The van der Waals surface area contributed by atoms with Crippen LogP contribution in [0.4, 0.5) is 0 Å². The summed E-state index contributed by atoms with van der Waals surface area (Å²) in [5.74, 6) is 0.354. The molecular weight excluding hydrogens is 140 g/mol. The summed E-state index contributed by atoms with van der Waals surface area (Å²) in [7, 11) is 0. The van der Waals surface area contributed by atoms with Gasteiger partial charge in [-0.3, -0.25) is 4.90 Å². The number of hydrogen-bond donors (Lipinski definition) is 2. The molecule has 0 aliphatic carbocycles. The molecule has 1 unspecified atom stereocenters. The van der Waals surface area contributed by atoms with Crippen LogP contribution in [0.2, 0.25) is 0 Å². The molecule has 1 heterocycles. The van der Waals surface area contributed by atoms with Crippen LogP contribution in [-0.2, 0) is 0 Å². The molecule has 1 aliphatic rings. The number of β-amino-alcohol motifs (C(OH)–C–C–N with tert-alkyl or cyclic N) is 1. The first-order valence-electron chi connectivity index (χ1n) is 4.25. The Bertz CT molecular complexity index is 121. The normalized spacial score (nSPS) is 23.7. The Morgan fingerprint density at radius 1 is 1.55 bits per heavy atom. The molecule has 3 heteroatoms. The van der Waals surface area contributed by atoms with E-state index in [9.17, 15) is 5.11 Å². The van der Waals surface area contributed by atoms with E-state index in [0.717, 1.165) is 19.6 Å². The van der Waals surface area contributed by atoms with Gasteiger partial charge in [0.25, 0.3) is 0 Å². The SMILES string of the molecule is CC(C)C(O)CN1CC(N)C1. The fraction of sp³-hybridized carbons (Fsp3) is 1.00. The second kappa shape index (κ2) is 3.52. The zero-order valence-corrected chi connectivity index (χ0v) is 7.33. The summed E-state index contributed by atoms with van der Waals surface area (Å²) in [5, 5.41) is 9.47. The van der Waals surface area contributed by atoms with Crippen molar-refractivity contribution in [1.29, 1.82) is 0 Å². The van der Waals surface area contributed by atoms with Gasteiger partial charge in [0.05, 0.1) is 6.10 Å². The lowest BCUT2D eigenvalue weighted by atomic mass is 10.0.